The molecule has 0 fully saturated rings. The summed E-state index contributed by atoms with van der Waals surface area (Å²) in [6.07, 6.45) is 10.3. The van der Waals surface area contributed by atoms with E-state index in [1.54, 1.807) is 23.7 Å². The van der Waals surface area contributed by atoms with E-state index in [0.717, 1.165) is 36.2 Å². The van der Waals surface area contributed by atoms with Gasteiger partial charge in [-0.1, -0.05) is 12.2 Å². The SMILES string of the molecule is O=C(NCc1nccnc1-c1ccsc1)[C@H]1CC=CCC1. The van der Waals surface area contributed by atoms with Crippen molar-refractivity contribution in [2.45, 2.75) is 25.8 Å². The fraction of sp³-hybridized carbons (Fsp3) is 0.312. The molecule has 108 valence electrons. The van der Waals surface area contributed by atoms with Crippen LogP contribution in [0.2, 0.25) is 0 Å². The number of hydrogen-bond donors (Lipinski definition) is 1. The van der Waals surface area contributed by atoms with Crippen molar-refractivity contribution in [3.63, 3.8) is 0 Å². The van der Waals surface area contributed by atoms with Gasteiger partial charge >= 0.3 is 0 Å². The van der Waals surface area contributed by atoms with E-state index in [2.05, 4.69) is 27.4 Å². The molecule has 0 aliphatic heterocycles. The molecule has 5 heteroatoms. The van der Waals surface area contributed by atoms with Crippen LogP contribution in [0.5, 0.6) is 0 Å². The number of nitrogens with zero attached hydrogens (tertiary/aromatic N) is 2. The molecule has 2 aromatic rings. The van der Waals surface area contributed by atoms with Gasteiger partial charge in [0.05, 0.1) is 17.9 Å². The summed E-state index contributed by atoms with van der Waals surface area (Å²) in [7, 11) is 0. The summed E-state index contributed by atoms with van der Waals surface area (Å²) in [4.78, 5) is 20.9. The molecule has 2 aromatic heterocycles. The molecule has 1 atom stereocenters. The van der Waals surface area contributed by atoms with E-state index in [-0.39, 0.29) is 11.8 Å². The van der Waals surface area contributed by atoms with Gasteiger partial charge in [0.1, 0.15) is 0 Å². The highest BCUT2D eigenvalue weighted by molar-refractivity contribution is 7.08. The normalized spacial score (nSPS) is 17.6. The van der Waals surface area contributed by atoms with Crippen LogP contribution in [-0.4, -0.2) is 15.9 Å². The number of thiophene rings is 1. The molecule has 0 bridgehead atoms. The van der Waals surface area contributed by atoms with Crippen molar-refractivity contribution in [3.05, 3.63) is 47.1 Å². The molecule has 1 aliphatic rings. The van der Waals surface area contributed by atoms with E-state index in [9.17, 15) is 4.79 Å². The van der Waals surface area contributed by atoms with Crippen LogP contribution in [0.1, 0.15) is 25.0 Å². The largest absolute Gasteiger partial charge is 0.350 e. The standard InChI is InChI=1S/C16H17N3OS/c20-16(12-4-2-1-3-5-12)19-10-14-15(18-8-7-17-14)13-6-9-21-11-13/h1-2,6-9,11-12H,3-5,10H2,(H,19,20)/t12-/m0/s1. The number of hydrogen-bond acceptors (Lipinski definition) is 4. The highest BCUT2D eigenvalue weighted by Gasteiger charge is 2.19. The number of carbonyl (C=O) groups excluding carboxylic acids is 1. The lowest BCUT2D eigenvalue weighted by Crippen LogP contribution is -2.31. The van der Waals surface area contributed by atoms with Gasteiger partial charge < -0.3 is 5.32 Å². The third-order valence-electron chi connectivity index (χ3n) is 3.64. The van der Waals surface area contributed by atoms with Crippen LogP contribution >= 0.6 is 11.3 Å². The Morgan fingerprint density at radius 1 is 1.33 bits per heavy atom. The smallest absolute Gasteiger partial charge is 0.223 e. The Morgan fingerprint density at radius 2 is 2.24 bits per heavy atom. The molecule has 0 saturated carbocycles. The lowest BCUT2D eigenvalue weighted by molar-refractivity contribution is -0.125. The lowest BCUT2D eigenvalue weighted by atomic mass is 9.93. The zero-order valence-electron chi connectivity index (χ0n) is 11.7. The molecule has 0 spiro atoms. The first-order chi connectivity index (χ1) is 10.3. The lowest BCUT2D eigenvalue weighted by Gasteiger charge is -2.17. The van der Waals surface area contributed by atoms with Gasteiger partial charge in [0.2, 0.25) is 5.91 Å². The van der Waals surface area contributed by atoms with Crippen LogP contribution < -0.4 is 5.32 Å². The summed E-state index contributed by atoms with van der Waals surface area (Å²) in [5.41, 5.74) is 2.72. The second kappa shape index (κ2) is 6.63. The molecule has 0 aromatic carbocycles. The quantitative estimate of drug-likeness (QED) is 0.882. The molecule has 2 heterocycles. The third kappa shape index (κ3) is 3.36. The average molecular weight is 299 g/mol. The Kier molecular flexibility index (Phi) is 4.40. The first-order valence-corrected chi connectivity index (χ1v) is 8.04. The average Bonchev–Trinajstić information content (AvgIpc) is 3.08. The molecule has 21 heavy (non-hydrogen) atoms. The monoisotopic (exact) mass is 299 g/mol. The zero-order chi connectivity index (χ0) is 14.5. The number of amides is 1. The predicted molar refractivity (Wildman–Crippen MR) is 83.7 cm³/mol. The van der Waals surface area contributed by atoms with Gasteiger partial charge in [0.25, 0.3) is 0 Å². The molecule has 0 radical (unpaired) electrons. The van der Waals surface area contributed by atoms with E-state index in [1.807, 2.05) is 16.8 Å². The third-order valence-corrected chi connectivity index (χ3v) is 4.32. The molecule has 1 amide bonds. The van der Waals surface area contributed by atoms with Gasteiger partial charge in [0, 0.05) is 29.3 Å². The van der Waals surface area contributed by atoms with Crippen molar-refractivity contribution in [2.24, 2.45) is 5.92 Å². The van der Waals surface area contributed by atoms with E-state index >= 15 is 0 Å². The van der Waals surface area contributed by atoms with Crippen molar-refractivity contribution in [1.82, 2.24) is 15.3 Å². The fourth-order valence-corrected chi connectivity index (χ4v) is 3.12. The van der Waals surface area contributed by atoms with Crippen molar-refractivity contribution in [3.8, 4) is 11.3 Å². The Morgan fingerprint density at radius 3 is 3.00 bits per heavy atom. The summed E-state index contributed by atoms with van der Waals surface area (Å²) >= 11 is 1.63. The second-order valence-electron chi connectivity index (χ2n) is 5.06. The van der Waals surface area contributed by atoms with Gasteiger partial charge in [-0.2, -0.15) is 11.3 Å². The molecule has 1 aliphatic carbocycles. The van der Waals surface area contributed by atoms with Crippen molar-refractivity contribution < 1.29 is 4.79 Å². The molecule has 0 saturated heterocycles. The number of nitrogens with one attached hydrogen (secondary N) is 1. The molecular weight excluding hydrogens is 282 g/mol. The van der Waals surface area contributed by atoms with Gasteiger partial charge in [-0.25, -0.2) is 0 Å². The van der Waals surface area contributed by atoms with E-state index in [0.29, 0.717) is 6.54 Å². The molecule has 0 unspecified atom stereocenters. The Balaban J connectivity index is 1.68. The summed E-state index contributed by atoms with van der Waals surface area (Å²) in [5, 5.41) is 7.06. The van der Waals surface area contributed by atoms with Crippen LogP contribution in [0.25, 0.3) is 11.3 Å². The van der Waals surface area contributed by atoms with E-state index < -0.39 is 0 Å². The minimum Gasteiger partial charge on any atom is -0.350 e. The molecule has 1 N–H and O–H groups in total. The zero-order valence-corrected chi connectivity index (χ0v) is 12.5. The number of aromatic nitrogens is 2. The minimum atomic E-state index is 0.0938. The second-order valence-corrected chi connectivity index (χ2v) is 5.84. The van der Waals surface area contributed by atoms with Gasteiger partial charge in [-0.05, 0) is 30.7 Å². The van der Waals surface area contributed by atoms with Crippen molar-refractivity contribution >= 4 is 17.2 Å². The van der Waals surface area contributed by atoms with Gasteiger partial charge in [-0.15, -0.1) is 0 Å². The van der Waals surface area contributed by atoms with Crippen LogP contribution in [-0.2, 0) is 11.3 Å². The van der Waals surface area contributed by atoms with Gasteiger partial charge in [-0.3, -0.25) is 14.8 Å². The summed E-state index contributed by atoms with van der Waals surface area (Å²) in [5.74, 6) is 0.206. The highest BCUT2D eigenvalue weighted by Crippen LogP contribution is 2.22. The summed E-state index contributed by atoms with van der Waals surface area (Å²) in [6.45, 7) is 0.429. The number of rotatable bonds is 4. The molecule has 4 nitrogen and oxygen atoms in total. The maximum atomic E-state index is 12.2. The predicted octanol–water partition coefficient (Wildman–Crippen LogP) is 3.18. The Hall–Kier alpha value is -2.01. The van der Waals surface area contributed by atoms with Crippen LogP contribution in [0.15, 0.2) is 41.4 Å². The minimum absolute atomic E-state index is 0.0938. The highest BCUT2D eigenvalue weighted by atomic mass is 32.1. The number of carbonyl (C=O) groups is 1. The topological polar surface area (TPSA) is 54.9 Å². The first-order valence-electron chi connectivity index (χ1n) is 7.10. The van der Waals surface area contributed by atoms with Crippen LogP contribution in [0, 0.1) is 5.92 Å². The van der Waals surface area contributed by atoms with E-state index in [1.165, 1.54) is 0 Å². The maximum Gasteiger partial charge on any atom is 0.223 e. The Labute approximate surface area is 128 Å². The van der Waals surface area contributed by atoms with Crippen LogP contribution in [0.4, 0.5) is 0 Å². The fourth-order valence-electron chi connectivity index (χ4n) is 2.48. The summed E-state index contributed by atoms with van der Waals surface area (Å²) in [6, 6.07) is 2.02. The molecular formula is C16H17N3OS. The number of allylic oxidation sites excluding steroid dienone is 2. The van der Waals surface area contributed by atoms with Crippen molar-refractivity contribution in [2.75, 3.05) is 0 Å². The van der Waals surface area contributed by atoms with Crippen molar-refractivity contribution in [1.29, 1.82) is 0 Å². The maximum absolute atomic E-state index is 12.2. The summed E-state index contributed by atoms with van der Waals surface area (Å²) < 4.78 is 0. The Bertz CT molecular complexity index is 637. The first kappa shape index (κ1) is 13.9. The van der Waals surface area contributed by atoms with Gasteiger partial charge in [0.15, 0.2) is 0 Å². The molecule has 3 rings (SSSR count). The van der Waals surface area contributed by atoms with E-state index in [4.69, 9.17) is 0 Å². The van der Waals surface area contributed by atoms with Crippen LogP contribution in [0.3, 0.4) is 0 Å².